The largest absolute Gasteiger partial charge is 0.363 e. The number of hydrogen-bond acceptors (Lipinski definition) is 6. The Balaban J connectivity index is 0.000000758. The topological polar surface area (TPSA) is 101 Å². The summed E-state index contributed by atoms with van der Waals surface area (Å²) in [5, 5.41) is 0.433. The van der Waals surface area contributed by atoms with Gasteiger partial charge in [0.2, 0.25) is 0 Å². The molecule has 2 heterocycles. The minimum absolute atomic E-state index is 0.00231. The van der Waals surface area contributed by atoms with Crippen molar-refractivity contribution < 1.29 is 28.8 Å². The van der Waals surface area contributed by atoms with Gasteiger partial charge < -0.3 is 4.84 Å². The highest BCUT2D eigenvalue weighted by atomic mass is 16.7. The van der Waals surface area contributed by atoms with Gasteiger partial charge in [0.05, 0.1) is 11.3 Å². The number of nitrogens with zero attached hydrogens (tertiary/aromatic N) is 2. The molecule has 0 unspecified atom stereocenters. The first-order valence-corrected chi connectivity index (χ1v) is 8.13. The Kier molecular flexibility index (Phi) is 6.00. The summed E-state index contributed by atoms with van der Waals surface area (Å²) in [5.74, 6) is -3.15. The van der Waals surface area contributed by atoms with Crippen molar-refractivity contribution in [3.63, 3.8) is 0 Å². The van der Waals surface area contributed by atoms with Gasteiger partial charge in [0.25, 0.3) is 23.6 Å². The molecule has 2 aliphatic heterocycles. The minimum atomic E-state index is -0.928. The fourth-order valence-corrected chi connectivity index (χ4v) is 2.22. The van der Waals surface area contributed by atoms with Crippen LogP contribution in [-0.4, -0.2) is 34.7 Å². The number of imide groups is 2. The van der Waals surface area contributed by atoms with Gasteiger partial charge in [-0.25, -0.2) is 9.69 Å². The molecule has 0 atom stereocenters. The van der Waals surface area contributed by atoms with Crippen LogP contribution in [0.5, 0.6) is 0 Å². The second-order valence-corrected chi connectivity index (χ2v) is 5.56. The molecular formula is C18H18N2O6. The Morgan fingerprint density at radius 1 is 1.00 bits per heavy atom. The van der Waals surface area contributed by atoms with E-state index >= 15 is 0 Å². The Labute approximate surface area is 150 Å². The highest BCUT2D eigenvalue weighted by molar-refractivity contribution is 6.28. The lowest BCUT2D eigenvalue weighted by Crippen LogP contribution is -2.32. The van der Waals surface area contributed by atoms with E-state index in [1.165, 1.54) is 30.7 Å². The van der Waals surface area contributed by atoms with E-state index in [0.29, 0.717) is 5.06 Å². The van der Waals surface area contributed by atoms with E-state index in [4.69, 9.17) is 4.84 Å². The molecule has 1 fully saturated rings. The monoisotopic (exact) mass is 358 g/mol. The van der Waals surface area contributed by atoms with Crippen LogP contribution in [0.4, 0.5) is 5.69 Å². The highest BCUT2D eigenvalue weighted by Gasteiger charge is 2.33. The van der Waals surface area contributed by atoms with Crippen LogP contribution in [0.25, 0.3) is 0 Å². The fourth-order valence-electron chi connectivity index (χ4n) is 2.22. The summed E-state index contributed by atoms with van der Waals surface area (Å²) < 4.78 is 0. The lowest BCUT2D eigenvalue weighted by atomic mass is 10.2. The van der Waals surface area contributed by atoms with Crippen molar-refractivity contribution in [2.24, 2.45) is 0 Å². The number of rotatable bonds is 3. The summed E-state index contributed by atoms with van der Waals surface area (Å²) in [5.41, 5.74) is 0.195. The molecule has 2 aliphatic rings. The highest BCUT2D eigenvalue weighted by Crippen LogP contribution is 2.21. The third-order valence-corrected chi connectivity index (χ3v) is 3.33. The zero-order chi connectivity index (χ0) is 19.3. The molecule has 0 aromatic heterocycles. The van der Waals surface area contributed by atoms with Crippen LogP contribution in [0, 0.1) is 0 Å². The number of carbonyl (C=O) groups excluding carboxylic acids is 5. The molecule has 1 aromatic carbocycles. The van der Waals surface area contributed by atoms with E-state index in [2.05, 4.69) is 13.8 Å². The first-order chi connectivity index (χ1) is 12.4. The predicted molar refractivity (Wildman–Crippen MR) is 90.5 cm³/mol. The predicted octanol–water partition coefficient (Wildman–Crippen LogP) is 1.75. The second kappa shape index (κ2) is 8.19. The molecule has 26 heavy (non-hydrogen) atoms. The molecule has 0 bridgehead atoms. The maximum absolute atomic E-state index is 12.0. The van der Waals surface area contributed by atoms with Crippen LogP contribution in [0.2, 0.25) is 0 Å². The minimum Gasteiger partial charge on any atom is -0.325 e. The molecule has 1 saturated heterocycles. The van der Waals surface area contributed by atoms with Gasteiger partial charge in [0.1, 0.15) is 0 Å². The number of hydrogen-bond donors (Lipinski definition) is 0. The summed E-state index contributed by atoms with van der Waals surface area (Å²) in [6.07, 6.45) is 3.48. The van der Waals surface area contributed by atoms with Gasteiger partial charge in [0, 0.05) is 25.0 Å². The molecule has 3 rings (SSSR count). The molecular weight excluding hydrogens is 340 g/mol. The molecule has 0 aliphatic carbocycles. The molecule has 0 N–H and O–H groups in total. The molecule has 4 amide bonds. The summed E-state index contributed by atoms with van der Waals surface area (Å²) >= 11 is 0. The summed E-state index contributed by atoms with van der Waals surface area (Å²) in [6, 6.07) is 5.59. The maximum atomic E-state index is 12.0. The molecule has 136 valence electrons. The average molecular weight is 358 g/mol. The van der Waals surface area contributed by atoms with Crippen LogP contribution in [0.1, 0.15) is 43.5 Å². The Hall–Kier alpha value is -3.29. The van der Waals surface area contributed by atoms with Gasteiger partial charge in [0.15, 0.2) is 0 Å². The molecule has 0 saturated carbocycles. The zero-order valence-corrected chi connectivity index (χ0v) is 14.4. The number of hydroxylamine groups is 2. The van der Waals surface area contributed by atoms with Crippen molar-refractivity contribution in [3.8, 4) is 0 Å². The molecule has 0 spiro atoms. The van der Waals surface area contributed by atoms with Crippen molar-refractivity contribution in [2.75, 3.05) is 4.90 Å². The van der Waals surface area contributed by atoms with Gasteiger partial charge in [-0.1, -0.05) is 26.3 Å². The average Bonchev–Trinajstić information content (AvgIpc) is 3.11. The Morgan fingerprint density at radius 3 is 2.08 bits per heavy atom. The summed E-state index contributed by atoms with van der Waals surface area (Å²) in [4.78, 5) is 63.9. The fraction of sp³-hybridized carbons (Fsp3) is 0.278. The van der Waals surface area contributed by atoms with Crippen LogP contribution >= 0.6 is 0 Å². The quantitative estimate of drug-likeness (QED) is 0.763. The zero-order valence-electron chi connectivity index (χ0n) is 14.4. The first kappa shape index (κ1) is 19.0. The summed E-state index contributed by atoms with van der Waals surface area (Å²) in [7, 11) is 0. The van der Waals surface area contributed by atoms with E-state index in [1.54, 1.807) is 0 Å². The van der Waals surface area contributed by atoms with Crippen molar-refractivity contribution in [1.29, 1.82) is 0 Å². The lowest BCUT2D eigenvalue weighted by molar-refractivity contribution is -0.172. The van der Waals surface area contributed by atoms with Gasteiger partial charge in [-0.3, -0.25) is 19.2 Å². The van der Waals surface area contributed by atoms with Crippen LogP contribution < -0.4 is 4.90 Å². The Morgan fingerprint density at radius 2 is 1.54 bits per heavy atom. The molecule has 8 heteroatoms. The van der Waals surface area contributed by atoms with E-state index < -0.39 is 29.6 Å². The first-order valence-electron chi connectivity index (χ1n) is 8.13. The van der Waals surface area contributed by atoms with Crippen LogP contribution in [-0.2, 0) is 24.0 Å². The van der Waals surface area contributed by atoms with Gasteiger partial charge >= 0.3 is 5.97 Å². The van der Waals surface area contributed by atoms with Crippen molar-refractivity contribution in [3.05, 3.63) is 42.0 Å². The molecule has 8 nitrogen and oxygen atoms in total. The number of anilines is 1. The van der Waals surface area contributed by atoms with Crippen molar-refractivity contribution in [2.45, 2.75) is 33.1 Å². The number of benzene rings is 1. The molecule has 1 aromatic rings. The summed E-state index contributed by atoms with van der Waals surface area (Å²) in [6.45, 7) is 4.25. The van der Waals surface area contributed by atoms with E-state index in [-0.39, 0.29) is 24.1 Å². The third kappa shape index (κ3) is 4.02. The lowest BCUT2D eigenvalue weighted by Gasteiger charge is -2.16. The second-order valence-electron chi connectivity index (χ2n) is 5.56. The normalized spacial score (nSPS) is 16.1. The van der Waals surface area contributed by atoms with Gasteiger partial charge in [-0.15, -0.1) is 5.06 Å². The van der Waals surface area contributed by atoms with E-state index in [0.717, 1.165) is 17.1 Å². The van der Waals surface area contributed by atoms with Crippen LogP contribution in [0.3, 0.4) is 0 Å². The van der Waals surface area contributed by atoms with Gasteiger partial charge in [-0.05, 0) is 18.2 Å². The smallest absolute Gasteiger partial charge is 0.325 e. The van der Waals surface area contributed by atoms with Crippen molar-refractivity contribution >= 4 is 35.3 Å². The molecule has 0 radical (unpaired) electrons. The van der Waals surface area contributed by atoms with Crippen LogP contribution in [0.15, 0.2) is 36.4 Å². The standard InChI is InChI=1S/C15H10N2O6.C3H8/c18-11-4-5-12(19)16(11)10-3-1-2-9(8-10)15(22)23-17-13(20)6-7-14(17)21;1-3-2/h1-5,8H,6-7H2;3H2,1-2H3. The van der Waals surface area contributed by atoms with E-state index in [9.17, 15) is 24.0 Å². The third-order valence-electron chi connectivity index (χ3n) is 3.33. The van der Waals surface area contributed by atoms with Gasteiger partial charge in [-0.2, -0.15) is 0 Å². The Bertz CT molecular complexity index is 765. The number of carbonyl (C=O) groups is 5. The van der Waals surface area contributed by atoms with E-state index in [1.807, 2.05) is 0 Å². The number of amides is 4. The maximum Gasteiger partial charge on any atom is 0.363 e. The SMILES string of the molecule is CCC.O=C(ON1C(=O)CCC1=O)c1cccc(N2C(=O)C=CC2=O)c1. The van der Waals surface area contributed by atoms with Crippen molar-refractivity contribution in [1.82, 2.24) is 5.06 Å².